The summed E-state index contributed by atoms with van der Waals surface area (Å²) in [4.78, 5) is 4.19. The summed E-state index contributed by atoms with van der Waals surface area (Å²) in [7, 11) is 1.62. The van der Waals surface area contributed by atoms with Crippen LogP contribution in [-0.4, -0.2) is 18.2 Å². The smallest absolute Gasteiger partial charge is 0.212 e. The van der Waals surface area contributed by atoms with E-state index in [4.69, 9.17) is 9.47 Å². The Morgan fingerprint density at radius 1 is 1.10 bits per heavy atom. The Morgan fingerprint density at radius 2 is 1.90 bits per heavy atom. The van der Waals surface area contributed by atoms with Crippen LogP contribution in [0.3, 0.4) is 0 Å². The molecule has 0 aliphatic rings. The molecule has 0 aliphatic heterocycles. The summed E-state index contributed by atoms with van der Waals surface area (Å²) >= 11 is 0. The van der Waals surface area contributed by atoms with Gasteiger partial charge in [-0.15, -0.1) is 0 Å². The van der Waals surface area contributed by atoms with E-state index in [-0.39, 0.29) is 6.10 Å². The quantitative estimate of drug-likeness (QED) is 0.849. The third-order valence-corrected chi connectivity index (χ3v) is 2.94. The number of hydrogen-bond donors (Lipinski definition) is 1. The van der Waals surface area contributed by atoms with Gasteiger partial charge in [-0.3, -0.25) is 0 Å². The highest BCUT2D eigenvalue weighted by Gasteiger charge is 2.00. The molecule has 0 bridgehead atoms. The lowest BCUT2D eigenvalue weighted by atomic mass is 10.2. The Bertz CT molecular complexity index is 553. The molecule has 1 N–H and O–H groups in total. The molecule has 2 rings (SSSR count). The lowest BCUT2D eigenvalue weighted by Crippen LogP contribution is -2.13. The van der Waals surface area contributed by atoms with Gasteiger partial charge in [0.15, 0.2) is 0 Å². The Morgan fingerprint density at radius 3 is 2.57 bits per heavy atom. The maximum absolute atomic E-state index is 5.69. The van der Waals surface area contributed by atoms with E-state index >= 15 is 0 Å². The van der Waals surface area contributed by atoms with Crippen LogP contribution < -0.4 is 14.8 Å². The molecule has 1 aromatic heterocycles. The third kappa shape index (κ3) is 5.08. The molecule has 0 saturated carbocycles. The van der Waals surface area contributed by atoms with Gasteiger partial charge in [0.2, 0.25) is 5.88 Å². The van der Waals surface area contributed by atoms with Crippen molar-refractivity contribution in [2.24, 2.45) is 0 Å². The summed E-state index contributed by atoms with van der Waals surface area (Å²) < 4.78 is 10.7. The molecule has 1 aromatic carbocycles. The van der Waals surface area contributed by atoms with Crippen molar-refractivity contribution in [1.82, 2.24) is 10.3 Å². The highest BCUT2D eigenvalue weighted by atomic mass is 16.5. The number of methoxy groups -OCH3 is 1. The van der Waals surface area contributed by atoms with E-state index < -0.39 is 0 Å². The number of rotatable bonds is 7. The zero-order valence-electron chi connectivity index (χ0n) is 12.8. The van der Waals surface area contributed by atoms with E-state index in [0.29, 0.717) is 5.88 Å². The maximum Gasteiger partial charge on any atom is 0.212 e. The lowest BCUT2D eigenvalue weighted by molar-refractivity contribution is 0.242. The second-order valence-corrected chi connectivity index (χ2v) is 5.13. The first-order chi connectivity index (χ1) is 10.2. The average Bonchev–Trinajstić information content (AvgIpc) is 2.48. The Hall–Kier alpha value is -2.07. The molecular weight excluding hydrogens is 264 g/mol. The van der Waals surface area contributed by atoms with Crippen LogP contribution >= 0.6 is 0 Å². The predicted octanol–water partition coefficient (Wildman–Crippen LogP) is 3.17. The van der Waals surface area contributed by atoms with Crippen molar-refractivity contribution in [3.05, 3.63) is 53.7 Å². The van der Waals surface area contributed by atoms with Crippen molar-refractivity contribution in [1.29, 1.82) is 0 Å². The van der Waals surface area contributed by atoms with Gasteiger partial charge in [0, 0.05) is 25.4 Å². The van der Waals surface area contributed by atoms with Gasteiger partial charge in [-0.25, -0.2) is 4.98 Å². The van der Waals surface area contributed by atoms with Crippen LogP contribution in [0.5, 0.6) is 11.6 Å². The summed E-state index contributed by atoms with van der Waals surface area (Å²) in [5.74, 6) is 1.55. The maximum atomic E-state index is 5.69. The zero-order chi connectivity index (χ0) is 15.1. The molecule has 112 valence electrons. The standard InChI is InChI=1S/C17H22N2O2/c1-13(2)21-16-6-4-5-14(9-16)10-18-11-15-7-8-17(20-3)19-12-15/h4-9,12-13,18H,10-11H2,1-3H3. The fraction of sp³-hybridized carbons (Fsp3) is 0.353. The fourth-order valence-corrected chi connectivity index (χ4v) is 1.99. The normalized spacial score (nSPS) is 10.7. The zero-order valence-corrected chi connectivity index (χ0v) is 12.8. The molecule has 0 fully saturated rings. The molecule has 0 aliphatic carbocycles. The van der Waals surface area contributed by atoms with Crippen LogP contribution in [0.25, 0.3) is 0 Å². The highest BCUT2D eigenvalue weighted by Crippen LogP contribution is 2.15. The Labute approximate surface area is 126 Å². The van der Waals surface area contributed by atoms with Crippen molar-refractivity contribution >= 4 is 0 Å². The molecule has 0 atom stereocenters. The molecule has 21 heavy (non-hydrogen) atoms. The number of nitrogens with one attached hydrogen (secondary N) is 1. The van der Waals surface area contributed by atoms with Crippen LogP contribution in [0.15, 0.2) is 42.6 Å². The number of ether oxygens (including phenoxy) is 2. The second-order valence-electron chi connectivity index (χ2n) is 5.13. The van der Waals surface area contributed by atoms with Gasteiger partial charge in [0.25, 0.3) is 0 Å². The highest BCUT2D eigenvalue weighted by molar-refractivity contribution is 5.28. The van der Waals surface area contributed by atoms with Crippen LogP contribution in [0.1, 0.15) is 25.0 Å². The molecule has 0 amide bonds. The molecule has 0 spiro atoms. The molecular formula is C17H22N2O2. The Balaban J connectivity index is 1.85. The molecule has 0 saturated heterocycles. The molecule has 4 heteroatoms. The summed E-state index contributed by atoms with van der Waals surface area (Å²) in [6.45, 7) is 5.62. The minimum atomic E-state index is 0.193. The van der Waals surface area contributed by atoms with Crippen molar-refractivity contribution in [2.75, 3.05) is 7.11 Å². The van der Waals surface area contributed by atoms with Crippen LogP contribution in [-0.2, 0) is 13.1 Å². The first-order valence-electron chi connectivity index (χ1n) is 7.12. The van der Waals surface area contributed by atoms with E-state index in [9.17, 15) is 0 Å². The number of hydrogen-bond acceptors (Lipinski definition) is 4. The first-order valence-corrected chi connectivity index (χ1v) is 7.12. The van der Waals surface area contributed by atoms with Gasteiger partial charge < -0.3 is 14.8 Å². The SMILES string of the molecule is COc1ccc(CNCc2cccc(OC(C)C)c2)cn1. The second kappa shape index (κ2) is 7.64. The van der Waals surface area contributed by atoms with Gasteiger partial charge in [-0.1, -0.05) is 18.2 Å². The van der Waals surface area contributed by atoms with E-state index in [1.165, 1.54) is 5.56 Å². The van der Waals surface area contributed by atoms with Gasteiger partial charge in [-0.05, 0) is 37.1 Å². The predicted molar refractivity (Wildman–Crippen MR) is 83.5 cm³/mol. The largest absolute Gasteiger partial charge is 0.491 e. The van der Waals surface area contributed by atoms with Crippen LogP contribution in [0.2, 0.25) is 0 Å². The van der Waals surface area contributed by atoms with E-state index in [0.717, 1.165) is 24.4 Å². The minimum absolute atomic E-state index is 0.193. The average molecular weight is 286 g/mol. The number of nitrogens with zero attached hydrogens (tertiary/aromatic N) is 1. The first kappa shape index (κ1) is 15.3. The third-order valence-electron chi connectivity index (χ3n) is 2.94. The van der Waals surface area contributed by atoms with Crippen LogP contribution in [0.4, 0.5) is 0 Å². The fourth-order valence-electron chi connectivity index (χ4n) is 1.99. The number of benzene rings is 1. The van der Waals surface area contributed by atoms with Crippen molar-refractivity contribution in [3.63, 3.8) is 0 Å². The Kier molecular flexibility index (Phi) is 5.58. The topological polar surface area (TPSA) is 43.4 Å². The van der Waals surface area contributed by atoms with Crippen molar-refractivity contribution < 1.29 is 9.47 Å². The van der Waals surface area contributed by atoms with Gasteiger partial charge >= 0.3 is 0 Å². The van der Waals surface area contributed by atoms with Gasteiger partial charge in [-0.2, -0.15) is 0 Å². The summed E-state index contributed by atoms with van der Waals surface area (Å²) in [5, 5.41) is 3.40. The number of aromatic nitrogens is 1. The van der Waals surface area contributed by atoms with E-state index in [2.05, 4.69) is 22.4 Å². The van der Waals surface area contributed by atoms with Crippen molar-refractivity contribution in [3.8, 4) is 11.6 Å². The lowest BCUT2D eigenvalue weighted by Gasteiger charge is -2.11. The minimum Gasteiger partial charge on any atom is -0.491 e. The molecule has 1 heterocycles. The summed E-state index contributed by atoms with van der Waals surface area (Å²) in [6.07, 6.45) is 2.02. The van der Waals surface area contributed by atoms with Crippen LogP contribution in [0, 0.1) is 0 Å². The summed E-state index contributed by atoms with van der Waals surface area (Å²) in [6, 6.07) is 12.0. The molecule has 4 nitrogen and oxygen atoms in total. The molecule has 0 unspecified atom stereocenters. The molecule has 0 radical (unpaired) electrons. The monoisotopic (exact) mass is 286 g/mol. The van der Waals surface area contributed by atoms with E-state index in [1.54, 1.807) is 7.11 Å². The van der Waals surface area contributed by atoms with E-state index in [1.807, 2.05) is 44.3 Å². The van der Waals surface area contributed by atoms with Gasteiger partial charge in [0.1, 0.15) is 5.75 Å². The van der Waals surface area contributed by atoms with Crippen molar-refractivity contribution in [2.45, 2.75) is 33.0 Å². The summed E-state index contributed by atoms with van der Waals surface area (Å²) in [5.41, 5.74) is 2.33. The van der Waals surface area contributed by atoms with Gasteiger partial charge in [0.05, 0.1) is 13.2 Å². The molecule has 2 aromatic rings. The number of pyridine rings is 1.